The zero-order chi connectivity index (χ0) is 28.4. The Balaban J connectivity index is 1.72. The molecule has 2 aromatic carbocycles. The molecular formula is C26H24F3N3O7. The molecule has 2 amide bonds. The largest absolute Gasteiger partial charge is 0.508 e. The first-order chi connectivity index (χ1) is 18.6. The van der Waals surface area contributed by atoms with Gasteiger partial charge in [0.05, 0.1) is 0 Å². The van der Waals surface area contributed by atoms with Gasteiger partial charge in [0, 0.05) is 18.7 Å². The number of benzene rings is 2. The number of aromatic hydroxyl groups is 1. The second kappa shape index (κ2) is 13.1. The number of carbonyl (C=O) groups excluding carboxylic acids is 3. The van der Waals surface area contributed by atoms with Crippen LogP contribution in [0.1, 0.15) is 22.0 Å². The van der Waals surface area contributed by atoms with Crippen molar-refractivity contribution in [2.24, 2.45) is 0 Å². The molecule has 0 radical (unpaired) electrons. The van der Waals surface area contributed by atoms with Crippen LogP contribution in [0.2, 0.25) is 0 Å². The lowest BCUT2D eigenvalue weighted by molar-refractivity contribution is -0.157. The Morgan fingerprint density at radius 3 is 2.51 bits per heavy atom. The number of hydrogen-bond acceptors (Lipinski definition) is 8. The summed E-state index contributed by atoms with van der Waals surface area (Å²) in [6, 6.07) is 13.9. The zero-order valence-electron chi connectivity index (χ0n) is 20.4. The van der Waals surface area contributed by atoms with E-state index in [-0.39, 0.29) is 37.6 Å². The van der Waals surface area contributed by atoms with Gasteiger partial charge in [0.2, 0.25) is 5.76 Å². The average Bonchev–Trinajstić information content (AvgIpc) is 3.37. The van der Waals surface area contributed by atoms with Crippen molar-refractivity contribution >= 4 is 18.0 Å². The fraction of sp³-hybridized carbons (Fsp3) is 0.231. The molecule has 0 spiro atoms. The van der Waals surface area contributed by atoms with E-state index in [0.29, 0.717) is 5.56 Å². The summed E-state index contributed by atoms with van der Waals surface area (Å²) >= 11 is 0. The second-order valence-corrected chi connectivity index (χ2v) is 7.93. The third-order valence-electron chi connectivity index (χ3n) is 5.01. The number of nitrogens with one attached hydrogen (secondary N) is 1. The molecule has 39 heavy (non-hydrogen) atoms. The van der Waals surface area contributed by atoms with Crippen molar-refractivity contribution in [2.45, 2.75) is 12.8 Å². The Kier molecular flexibility index (Phi) is 9.68. The average molecular weight is 547 g/mol. The van der Waals surface area contributed by atoms with E-state index in [9.17, 15) is 32.7 Å². The number of esters is 1. The summed E-state index contributed by atoms with van der Waals surface area (Å²) in [4.78, 5) is 41.9. The van der Waals surface area contributed by atoms with Gasteiger partial charge >= 0.3 is 24.1 Å². The van der Waals surface area contributed by atoms with Gasteiger partial charge in [0.15, 0.2) is 0 Å². The fourth-order valence-electron chi connectivity index (χ4n) is 3.23. The Morgan fingerprint density at radius 2 is 1.85 bits per heavy atom. The molecule has 0 aliphatic carbocycles. The Bertz CT molecular complexity index is 1310. The molecule has 0 atom stereocenters. The summed E-state index contributed by atoms with van der Waals surface area (Å²) in [5.74, 6) is -4.50. The van der Waals surface area contributed by atoms with Gasteiger partial charge in [-0.3, -0.25) is 14.5 Å². The third-order valence-corrected chi connectivity index (χ3v) is 5.01. The molecule has 0 saturated carbocycles. The number of aromatic nitrogens is 1. The number of ether oxygens (including phenoxy) is 2. The molecule has 0 bridgehead atoms. The maximum Gasteiger partial charge on any atom is 0.468 e. The van der Waals surface area contributed by atoms with E-state index in [1.54, 1.807) is 30.3 Å². The van der Waals surface area contributed by atoms with Gasteiger partial charge in [-0.1, -0.05) is 55.1 Å². The number of oxazole rings is 1. The highest BCUT2D eigenvalue weighted by Crippen LogP contribution is 2.34. The van der Waals surface area contributed by atoms with Crippen LogP contribution in [0.5, 0.6) is 5.75 Å². The molecule has 3 aromatic rings. The maximum atomic E-state index is 13.2. The van der Waals surface area contributed by atoms with Gasteiger partial charge in [-0.2, -0.15) is 13.2 Å². The Labute approximate surface area is 220 Å². The minimum absolute atomic E-state index is 0.00970. The van der Waals surface area contributed by atoms with Crippen molar-refractivity contribution in [3.63, 3.8) is 0 Å². The molecule has 1 aromatic heterocycles. The third kappa shape index (κ3) is 8.35. The van der Waals surface area contributed by atoms with Crippen LogP contribution in [-0.4, -0.2) is 59.2 Å². The molecule has 1 heterocycles. The number of phenols is 1. The quantitative estimate of drug-likeness (QED) is 0.270. The fourth-order valence-corrected chi connectivity index (χ4v) is 3.23. The van der Waals surface area contributed by atoms with Crippen LogP contribution in [-0.2, 0) is 27.1 Å². The topological polar surface area (TPSA) is 131 Å². The second-order valence-electron chi connectivity index (χ2n) is 7.93. The van der Waals surface area contributed by atoms with E-state index in [2.05, 4.69) is 16.9 Å². The molecule has 13 heteroatoms. The predicted octanol–water partition coefficient (Wildman–Crippen LogP) is 4.16. The first-order valence-corrected chi connectivity index (χ1v) is 11.5. The van der Waals surface area contributed by atoms with E-state index in [4.69, 9.17) is 13.9 Å². The molecule has 2 N–H and O–H groups in total. The number of nitrogens with zero attached hydrogens (tertiary/aromatic N) is 2. The number of halogens is 3. The lowest BCUT2D eigenvalue weighted by Gasteiger charge is -2.21. The van der Waals surface area contributed by atoms with Crippen molar-refractivity contribution < 1.29 is 46.6 Å². The van der Waals surface area contributed by atoms with Gasteiger partial charge < -0.3 is 24.3 Å². The number of carbonyl (C=O) groups is 3. The summed E-state index contributed by atoms with van der Waals surface area (Å²) in [5, 5.41) is 12.0. The van der Waals surface area contributed by atoms with Crippen LogP contribution in [0.4, 0.5) is 18.0 Å². The van der Waals surface area contributed by atoms with Crippen LogP contribution in [0.3, 0.4) is 0 Å². The van der Waals surface area contributed by atoms with Gasteiger partial charge in [0.25, 0.3) is 5.91 Å². The van der Waals surface area contributed by atoms with Crippen LogP contribution < -0.4 is 5.32 Å². The summed E-state index contributed by atoms with van der Waals surface area (Å²) in [6.07, 6.45) is -4.52. The van der Waals surface area contributed by atoms with Crippen molar-refractivity contribution in [1.82, 2.24) is 15.2 Å². The summed E-state index contributed by atoms with van der Waals surface area (Å²) in [7, 11) is 0. The normalized spacial score (nSPS) is 10.9. The Hall–Kier alpha value is -4.81. The van der Waals surface area contributed by atoms with Gasteiger partial charge in [0.1, 0.15) is 31.2 Å². The number of amides is 2. The lowest BCUT2D eigenvalue weighted by atomic mass is 10.1. The van der Waals surface area contributed by atoms with Crippen LogP contribution in [0.25, 0.3) is 11.3 Å². The van der Waals surface area contributed by atoms with Crippen molar-refractivity contribution in [2.75, 3.05) is 26.2 Å². The molecule has 3 rings (SSSR count). The monoisotopic (exact) mass is 547 g/mol. The highest BCUT2D eigenvalue weighted by atomic mass is 19.4. The maximum absolute atomic E-state index is 13.2. The smallest absolute Gasteiger partial charge is 0.468 e. The number of rotatable bonds is 11. The molecule has 0 aliphatic heterocycles. The molecule has 206 valence electrons. The number of alkyl halides is 3. The van der Waals surface area contributed by atoms with Gasteiger partial charge in [-0.05, 0) is 17.7 Å². The van der Waals surface area contributed by atoms with Crippen molar-refractivity contribution in [1.29, 1.82) is 0 Å². The van der Waals surface area contributed by atoms with E-state index in [0.717, 1.165) is 11.0 Å². The SMILES string of the molecule is C=CCOC(=O)CN(CCNC(=O)c1oc(C(F)(F)F)nc1-c1cccc(O)c1)C(=O)OCc1ccccc1. The van der Waals surface area contributed by atoms with Crippen molar-refractivity contribution in [3.05, 3.63) is 84.5 Å². The predicted molar refractivity (Wildman–Crippen MR) is 130 cm³/mol. The first-order valence-electron chi connectivity index (χ1n) is 11.5. The van der Waals surface area contributed by atoms with Crippen LogP contribution in [0.15, 0.2) is 71.7 Å². The minimum atomic E-state index is -4.98. The molecule has 0 aliphatic rings. The van der Waals surface area contributed by atoms with E-state index in [1.807, 2.05) is 0 Å². The highest BCUT2D eigenvalue weighted by molar-refractivity contribution is 5.97. The molecule has 0 saturated heterocycles. The summed E-state index contributed by atoms with van der Waals surface area (Å²) < 4.78 is 54.6. The number of hydrogen-bond donors (Lipinski definition) is 2. The first kappa shape index (κ1) is 28.8. The van der Waals surface area contributed by atoms with Crippen molar-refractivity contribution in [3.8, 4) is 17.0 Å². The molecule has 0 fully saturated rings. The molecular weight excluding hydrogens is 523 g/mol. The summed E-state index contributed by atoms with van der Waals surface area (Å²) in [5.41, 5.74) is 0.261. The van der Waals surface area contributed by atoms with Crippen LogP contribution >= 0.6 is 0 Å². The minimum Gasteiger partial charge on any atom is -0.508 e. The van der Waals surface area contributed by atoms with E-state index < -0.39 is 48.0 Å². The molecule has 0 unspecified atom stereocenters. The highest BCUT2D eigenvalue weighted by Gasteiger charge is 2.40. The van der Waals surface area contributed by atoms with Gasteiger partial charge in [-0.15, -0.1) is 0 Å². The van der Waals surface area contributed by atoms with Crippen LogP contribution in [0, 0.1) is 0 Å². The van der Waals surface area contributed by atoms with E-state index >= 15 is 0 Å². The number of phenolic OH excluding ortho intramolecular Hbond substituents is 1. The molecule has 10 nitrogen and oxygen atoms in total. The van der Waals surface area contributed by atoms with E-state index in [1.165, 1.54) is 24.3 Å². The zero-order valence-corrected chi connectivity index (χ0v) is 20.4. The standard InChI is InChI=1S/C26H24F3N3O7/c1-2-13-37-20(34)15-32(25(36)38-16-17-7-4-3-5-8-17)12-11-30-23(35)22-21(18-9-6-10-19(33)14-18)31-24(39-22)26(27,28)29/h2-10,14,33H,1,11-13,15-16H2,(H,30,35). The lowest BCUT2D eigenvalue weighted by Crippen LogP contribution is -2.42. The van der Waals surface area contributed by atoms with Gasteiger partial charge in [-0.25, -0.2) is 9.78 Å². The summed E-state index contributed by atoms with van der Waals surface area (Å²) in [6.45, 7) is 2.18. The Morgan fingerprint density at radius 1 is 1.10 bits per heavy atom.